The zero-order chi connectivity index (χ0) is 46.9. The third-order valence-corrected chi connectivity index (χ3v) is 10.5. The first-order valence-electron chi connectivity index (χ1n) is 17.8. The molecule has 0 atom stereocenters. The molecule has 64 heavy (non-hydrogen) atoms. The molecule has 8 rings (SSSR count). The lowest BCUT2D eigenvalue weighted by Gasteiger charge is -2.22. The lowest BCUT2D eigenvalue weighted by Crippen LogP contribution is -2.13. The molecule has 0 N–H and O–H groups in total. The molecule has 3 nitrogen and oxygen atoms in total. The quantitative estimate of drug-likeness (QED) is 0.163. The molecule has 2 aromatic heterocycles. The molecular formula is C43H17F18N3. The minimum atomic E-state index is -5.64. The van der Waals surface area contributed by atoms with Gasteiger partial charge in [0, 0.05) is 27.1 Å². The number of fused-ring (bicyclic) bond motifs is 6. The van der Waals surface area contributed by atoms with Gasteiger partial charge in [0.1, 0.15) is 6.07 Å². The SMILES string of the molecule is N#Cc1cc(-n2c3ccc(C(F)(F)F)cc3c3cc(C(F)(F)F)ccc32)c(-c2ccc(C(F)(F)F)cc2C(F)(F)F)cc1-n1c2ccc(C(F)(F)F)cc2c2cc(C(F)(F)F)ccc21. The van der Waals surface area contributed by atoms with Crippen LogP contribution in [0, 0.1) is 11.3 Å². The van der Waals surface area contributed by atoms with Crippen molar-refractivity contribution in [3.05, 3.63) is 142 Å². The highest BCUT2D eigenvalue weighted by Gasteiger charge is 2.40. The largest absolute Gasteiger partial charge is 0.417 e. The summed E-state index contributed by atoms with van der Waals surface area (Å²) in [5, 5.41) is 8.52. The molecule has 0 aliphatic rings. The van der Waals surface area contributed by atoms with E-state index in [4.69, 9.17) is 0 Å². The van der Waals surface area contributed by atoms with Gasteiger partial charge in [0.05, 0.1) is 72.4 Å². The van der Waals surface area contributed by atoms with Gasteiger partial charge in [-0.25, -0.2) is 0 Å². The van der Waals surface area contributed by atoms with E-state index in [1.807, 2.05) is 0 Å². The number of alkyl halides is 18. The highest BCUT2D eigenvalue weighted by Crippen LogP contribution is 2.48. The molecule has 0 saturated carbocycles. The Morgan fingerprint density at radius 3 is 0.953 bits per heavy atom. The summed E-state index contributed by atoms with van der Waals surface area (Å²) in [7, 11) is 0. The minimum Gasteiger partial charge on any atom is -0.309 e. The average molecular weight is 918 g/mol. The van der Waals surface area contributed by atoms with Crippen LogP contribution >= 0.6 is 0 Å². The van der Waals surface area contributed by atoms with Crippen molar-refractivity contribution in [3.8, 4) is 28.6 Å². The first-order chi connectivity index (χ1) is 29.5. The van der Waals surface area contributed by atoms with E-state index in [9.17, 15) is 84.3 Å². The molecule has 8 aromatic rings. The van der Waals surface area contributed by atoms with Crippen LogP contribution in [0.5, 0.6) is 0 Å². The molecule has 0 amide bonds. The van der Waals surface area contributed by atoms with Gasteiger partial charge in [-0.2, -0.15) is 84.3 Å². The zero-order valence-corrected chi connectivity index (χ0v) is 31.0. The molecule has 0 saturated heterocycles. The van der Waals surface area contributed by atoms with Crippen LogP contribution in [0.15, 0.2) is 103 Å². The Morgan fingerprint density at radius 1 is 0.328 bits per heavy atom. The van der Waals surface area contributed by atoms with Crippen molar-refractivity contribution in [2.45, 2.75) is 37.1 Å². The number of hydrogen-bond donors (Lipinski definition) is 0. The first kappa shape index (κ1) is 43.8. The van der Waals surface area contributed by atoms with E-state index in [-0.39, 0.29) is 23.2 Å². The van der Waals surface area contributed by atoms with Crippen LogP contribution in [-0.2, 0) is 37.1 Å². The number of hydrogen-bond acceptors (Lipinski definition) is 1. The summed E-state index contributed by atoms with van der Waals surface area (Å²) < 4.78 is 256. The lowest BCUT2D eigenvalue weighted by molar-refractivity contribution is -0.143. The molecule has 330 valence electrons. The topological polar surface area (TPSA) is 33.6 Å². The number of benzene rings is 6. The van der Waals surface area contributed by atoms with Crippen LogP contribution in [0.4, 0.5) is 79.0 Å². The number of aromatic nitrogens is 2. The van der Waals surface area contributed by atoms with Gasteiger partial charge in [-0.3, -0.25) is 0 Å². The van der Waals surface area contributed by atoms with Crippen molar-refractivity contribution < 1.29 is 79.0 Å². The van der Waals surface area contributed by atoms with E-state index >= 15 is 0 Å². The van der Waals surface area contributed by atoms with Gasteiger partial charge >= 0.3 is 37.1 Å². The van der Waals surface area contributed by atoms with Gasteiger partial charge in [0.2, 0.25) is 0 Å². The van der Waals surface area contributed by atoms with Gasteiger partial charge in [-0.1, -0.05) is 6.07 Å². The predicted molar refractivity (Wildman–Crippen MR) is 195 cm³/mol. The maximum absolute atomic E-state index is 15.0. The molecule has 0 unspecified atom stereocenters. The van der Waals surface area contributed by atoms with Gasteiger partial charge in [0.15, 0.2) is 0 Å². The summed E-state index contributed by atoms with van der Waals surface area (Å²) in [6, 6.07) is 10.6. The second kappa shape index (κ2) is 14.1. The normalized spacial score (nSPS) is 13.5. The van der Waals surface area contributed by atoms with Gasteiger partial charge in [-0.05, 0) is 103 Å². The first-order valence-corrected chi connectivity index (χ1v) is 17.8. The molecule has 0 fully saturated rings. The second-order valence-corrected chi connectivity index (χ2v) is 14.3. The standard InChI is InChI=1S/C43H17F18N3/c44-38(45,46)20-2-7-32-26(12-20)27-13-21(39(47,48)49)3-8-33(27)63(32)36-17-30(25-6-1-24(42(56,57)58)16-31(25)43(59,60)61)37(11-19(36)18-62)64-34-9-4-22(40(50,51)52)14-28(34)29-15-23(41(53,54)55)5-10-35(29)64/h1-17H. The molecular weight excluding hydrogens is 900 g/mol. The van der Waals surface area contributed by atoms with Crippen molar-refractivity contribution in [1.29, 1.82) is 5.26 Å². The van der Waals surface area contributed by atoms with E-state index in [1.165, 1.54) is 0 Å². The van der Waals surface area contributed by atoms with Crippen LogP contribution < -0.4 is 0 Å². The summed E-state index contributed by atoms with van der Waals surface area (Å²) in [6.45, 7) is 0. The number of nitrogens with zero attached hydrogens (tertiary/aromatic N) is 3. The van der Waals surface area contributed by atoms with Crippen molar-refractivity contribution >= 4 is 43.6 Å². The molecule has 0 aliphatic carbocycles. The molecule has 0 bridgehead atoms. The van der Waals surface area contributed by atoms with Crippen molar-refractivity contribution in [1.82, 2.24) is 9.13 Å². The Kier molecular flexibility index (Phi) is 9.63. The van der Waals surface area contributed by atoms with Crippen LogP contribution in [0.1, 0.15) is 38.9 Å². The minimum absolute atomic E-state index is 0.237. The Hall–Kier alpha value is -6.85. The van der Waals surface area contributed by atoms with Crippen LogP contribution in [0.2, 0.25) is 0 Å². The highest BCUT2D eigenvalue weighted by atomic mass is 19.4. The predicted octanol–water partition coefficient (Wildman–Crippen LogP) is 15.5. The molecule has 0 radical (unpaired) electrons. The summed E-state index contributed by atoms with van der Waals surface area (Å²) in [4.78, 5) is 0. The van der Waals surface area contributed by atoms with Crippen LogP contribution in [0.25, 0.3) is 66.1 Å². The zero-order valence-electron chi connectivity index (χ0n) is 31.0. The maximum Gasteiger partial charge on any atom is 0.417 e. The van der Waals surface area contributed by atoms with Gasteiger partial charge in [0.25, 0.3) is 0 Å². The molecule has 21 heteroatoms. The lowest BCUT2D eigenvalue weighted by atomic mass is 9.93. The third kappa shape index (κ3) is 7.37. The highest BCUT2D eigenvalue weighted by molar-refractivity contribution is 6.12. The average Bonchev–Trinajstić information content (AvgIpc) is 3.69. The summed E-state index contributed by atoms with van der Waals surface area (Å²) in [5.74, 6) is 0. The third-order valence-electron chi connectivity index (χ3n) is 10.5. The Morgan fingerprint density at radius 2 is 0.641 bits per heavy atom. The number of halogens is 18. The van der Waals surface area contributed by atoms with E-state index < -0.39 is 131 Å². The molecule has 0 aliphatic heterocycles. The fourth-order valence-electron chi connectivity index (χ4n) is 7.71. The molecule has 0 spiro atoms. The van der Waals surface area contributed by atoms with Crippen LogP contribution in [-0.4, -0.2) is 9.13 Å². The summed E-state index contributed by atoms with van der Waals surface area (Å²) in [5.41, 5.74) is -14.5. The maximum atomic E-state index is 15.0. The monoisotopic (exact) mass is 917 g/mol. The van der Waals surface area contributed by atoms with E-state index in [0.717, 1.165) is 45.5 Å². The smallest absolute Gasteiger partial charge is 0.309 e. The Bertz CT molecular complexity index is 3110. The fraction of sp³-hybridized carbons (Fsp3) is 0.140. The number of rotatable bonds is 3. The van der Waals surface area contributed by atoms with Crippen LogP contribution in [0.3, 0.4) is 0 Å². The fourth-order valence-corrected chi connectivity index (χ4v) is 7.71. The summed E-state index contributed by atoms with van der Waals surface area (Å²) >= 11 is 0. The Balaban J connectivity index is 1.57. The molecule has 6 aromatic carbocycles. The van der Waals surface area contributed by atoms with E-state index in [1.54, 1.807) is 6.07 Å². The van der Waals surface area contributed by atoms with Crippen molar-refractivity contribution in [2.24, 2.45) is 0 Å². The van der Waals surface area contributed by atoms with Crippen molar-refractivity contribution in [2.75, 3.05) is 0 Å². The second-order valence-electron chi connectivity index (χ2n) is 14.3. The Labute approximate surface area is 344 Å². The van der Waals surface area contributed by atoms with Gasteiger partial charge < -0.3 is 9.13 Å². The van der Waals surface area contributed by atoms with Gasteiger partial charge in [-0.15, -0.1) is 0 Å². The van der Waals surface area contributed by atoms with E-state index in [0.29, 0.717) is 54.6 Å². The molecule has 2 heterocycles. The number of nitriles is 1. The van der Waals surface area contributed by atoms with E-state index in [2.05, 4.69) is 0 Å². The van der Waals surface area contributed by atoms with Crippen molar-refractivity contribution in [3.63, 3.8) is 0 Å². The summed E-state index contributed by atoms with van der Waals surface area (Å²) in [6.07, 6.45) is -31.3.